The number of carbonyl (C=O) groups excluding carboxylic acids is 1. The van der Waals surface area contributed by atoms with Gasteiger partial charge in [0.25, 0.3) is 0 Å². The Bertz CT molecular complexity index is 444. The largest absolute Gasteiger partial charge is 0.491 e. The van der Waals surface area contributed by atoms with Crippen LogP contribution in [0.2, 0.25) is 0 Å². The Morgan fingerprint density at radius 3 is 2.45 bits per heavy atom. The number of aliphatic hydroxyl groups excluding tert-OH is 1. The fourth-order valence-electron chi connectivity index (χ4n) is 2.63. The van der Waals surface area contributed by atoms with Gasteiger partial charge in [0, 0.05) is 18.5 Å². The van der Waals surface area contributed by atoms with Crippen molar-refractivity contribution >= 4 is 18.2 Å². The molecule has 1 N–H and O–H groups in total. The molecule has 1 unspecified atom stereocenters. The predicted molar refractivity (Wildman–Crippen MR) is 90.1 cm³/mol. The van der Waals surface area contributed by atoms with Gasteiger partial charge in [-0.15, -0.1) is 12.4 Å². The zero-order valence-electron chi connectivity index (χ0n) is 13.2. The molecule has 1 aromatic rings. The average molecular weight is 328 g/mol. The second-order valence-electron chi connectivity index (χ2n) is 5.63. The second-order valence-corrected chi connectivity index (χ2v) is 5.63. The molecule has 4 nitrogen and oxygen atoms in total. The molecule has 0 aromatic heterocycles. The van der Waals surface area contributed by atoms with Gasteiger partial charge in [-0.2, -0.15) is 0 Å². The van der Waals surface area contributed by atoms with Crippen molar-refractivity contribution < 1.29 is 14.6 Å². The monoisotopic (exact) mass is 327 g/mol. The Kier molecular flexibility index (Phi) is 8.46. The van der Waals surface area contributed by atoms with Crippen molar-refractivity contribution in [1.29, 1.82) is 0 Å². The first-order valence-electron chi connectivity index (χ1n) is 7.85. The van der Waals surface area contributed by atoms with Crippen LogP contribution in [0.25, 0.3) is 0 Å². The first kappa shape index (κ1) is 18.9. The van der Waals surface area contributed by atoms with Gasteiger partial charge in [0.2, 0.25) is 0 Å². The lowest BCUT2D eigenvalue weighted by molar-refractivity contribution is 0.0617. The Morgan fingerprint density at radius 2 is 1.86 bits per heavy atom. The molecular formula is C17H26ClNO3. The number of rotatable bonds is 7. The molecule has 0 aliphatic carbocycles. The van der Waals surface area contributed by atoms with Gasteiger partial charge >= 0.3 is 0 Å². The summed E-state index contributed by atoms with van der Waals surface area (Å²) in [5.41, 5.74) is 0.707. The molecule has 1 atom stereocenters. The van der Waals surface area contributed by atoms with Crippen molar-refractivity contribution in [3.05, 3.63) is 29.8 Å². The van der Waals surface area contributed by atoms with E-state index in [-0.39, 0.29) is 24.8 Å². The molecule has 1 fully saturated rings. The van der Waals surface area contributed by atoms with E-state index in [9.17, 15) is 9.90 Å². The summed E-state index contributed by atoms with van der Waals surface area (Å²) in [5, 5.41) is 10.0. The summed E-state index contributed by atoms with van der Waals surface area (Å²) in [6, 6.07) is 7.13. The second kappa shape index (κ2) is 9.82. The summed E-state index contributed by atoms with van der Waals surface area (Å²) in [7, 11) is 0. The van der Waals surface area contributed by atoms with Crippen molar-refractivity contribution in [2.24, 2.45) is 0 Å². The number of carbonyl (C=O) groups is 1. The number of likely N-dealkylation sites (tertiary alicyclic amines) is 1. The molecule has 1 aromatic carbocycles. The predicted octanol–water partition coefficient (Wildman–Crippen LogP) is 2.93. The van der Waals surface area contributed by atoms with Crippen LogP contribution >= 0.6 is 12.4 Å². The normalized spacial score (nSPS) is 16.6. The fraction of sp³-hybridized carbons (Fsp3) is 0.588. The average Bonchev–Trinajstić information content (AvgIpc) is 2.53. The van der Waals surface area contributed by atoms with Crippen LogP contribution in [0.5, 0.6) is 5.75 Å². The third-order valence-electron chi connectivity index (χ3n) is 3.86. The van der Waals surface area contributed by atoms with Gasteiger partial charge in [-0.05, 0) is 50.2 Å². The van der Waals surface area contributed by atoms with Crippen molar-refractivity contribution in [1.82, 2.24) is 4.90 Å². The molecule has 1 heterocycles. The number of β-amino-alcohol motifs (C(OH)–C–C–N with tert-alkyl or cyclic N) is 1. The van der Waals surface area contributed by atoms with Crippen LogP contribution in [0, 0.1) is 0 Å². The summed E-state index contributed by atoms with van der Waals surface area (Å²) >= 11 is 0. The lowest BCUT2D eigenvalue weighted by Crippen LogP contribution is -2.38. The number of hydrogen-bond donors (Lipinski definition) is 1. The van der Waals surface area contributed by atoms with Crippen LogP contribution in [0.3, 0.4) is 0 Å². The highest BCUT2D eigenvalue weighted by Crippen LogP contribution is 2.14. The third-order valence-corrected chi connectivity index (χ3v) is 3.86. The van der Waals surface area contributed by atoms with Crippen LogP contribution in [-0.4, -0.2) is 48.1 Å². The zero-order valence-corrected chi connectivity index (χ0v) is 14.0. The molecule has 0 radical (unpaired) electrons. The smallest absolute Gasteiger partial charge is 0.162 e. The van der Waals surface area contributed by atoms with Crippen molar-refractivity contribution in [2.45, 2.75) is 38.7 Å². The maximum Gasteiger partial charge on any atom is 0.162 e. The molecule has 1 aliphatic rings. The minimum Gasteiger partial charge on any atom is -0.491 e. The molecule has 0 amide bonds. The Morgan fingerprint density at radius 1 is 1.23 bits per heavy atom. The number of ether oxygens (including phenoxy) is 1. The van der Waals surface area contributed by atoms with Gasteiger partial charge in [-0.25, -0.2) is 0 Å². The van der Waals surface area contributed by atoms with Crippen LogP contribution < -0.4 is 4.74 Å². The van der Waals surface area contributed by atoms with Crippen LogP contribution in [0.1, 0.15) is 43.0 Å². The number of piperidine rings is 1. The van der Waals surface area contributed by atoms with Crippen LogP contribution in [0.4, 0.5) is 0 Å². The molecule has 0 bridgehead atoms. The first-order valence-corrected chi connectivity index (χ1v) is 7.85. The molecular weight excluding hydrogens is 302 g/mol. The minimum absolute atomic E-state index is 0. The van der Waals surface area contributed by atoms with E-state index < -0.39 is 6.10 Å². The Balaban J connectivity index is 0.00000242. The van der Waals surface area contributed by atoms with Gasteiger partial charge in [-0.1, -0.05) is 13.3 Å². The standard InChI is InChI=1S/C17H25NO3.ClH/c1-2-17(20)14-6-8-16(9-7-14)21-13-15(19)12-18-10-4-3-5-11-18;/h6-9,15,19H,2-5,10-13H2,1H3;1H. The number of Topliss-reactive ketones (excluding diaryl/α,β-unsaturated/α-hetero) is 1. The van der Waals surface area contributed by atoms with Crippen molar-refractivity contribution in [2.75, 3.05) is 26.2 Å². The number of hydrogen-bond acceptors (Lipinski definition) is 4. The molecule has 1 saturated heterocycles. The molecule has 22 heavy (non-hydrogen) atoms. The Labute approximate surface area is 138 Å². The van der Waals surface area contributed by atoms with Gasteiger partial charge in [0.1, 0.15) is 18.5 Å². The van der Waals surface area contributed by atoms with Crippen molar-refractivity contribution in [3.8, 4) is 5.75 Å². The molecule has 2 rings (SSSR count). The third kappa shape index (κ3) is 5.95. The van der Waals surface area contributed by atoms with Gasteiger partial charge in [0.15, 0.2) is 5.78 Å². The number of benzene rings is 1. The highest BCUT2D eigenvalue weighted by atomic mass is 35.5. The first-order chi connectivity index (χ1) is 10.2. The molecule has 0 spiro atoms. The minimum atomic E-state index is -0.472. The van der Waals surface area contributed by atoms with E-state index in [1.165, 1.54) is 19.3 Å². The van der Waals surface area contributed by atoms with Gasteiger partial charge in [0.05, 0.1) is 0 Å². The van der Waals surface area contributed by atoms with E-state index in [0.29, 0.717) is 24.3 Å². The van der Waals surface area contributed by atoms with Crippen LogP contribution in [0.15, 0.2) is 24.3 Å². The molecule has 1 aliphatic heterocycles. The molecule has 124 valence electrons. The van der Waals surface area contributed by atoms with E-state index in [1.54, 1.807) is 24.3 Å². The summed E-state index contributed by atoms with van der Waals surface area (Å²) in [4.78, 5) is 13.8. The maximum atomic E-state index is 11.5. The SMILES string of the molecule is CCC(=O)c1ccc(OCC(O)CN2CCCCC2)cc1.Cl. The lowest BCUT2D eigenvalue weighted by Gasteiger charge is -2.28. The van der Waals surface area contributed by atoms with E-state index in [1.807, 2.05) is 6.92 Å². The number of aliphatic hydroxyl groups is 1. The summed E-state index contributed by atoms with van der Waals surface area (Å²) in [6.07, 6.45) is 3.78. The summed E-state index contributed by atoms with van der Waals surface area (Å²) in [5.74, 6) is 0.826. The van der Waals surface area contributed by atoms with Gasteiger partial charge in [-0.3, -0.25) is 4.79 Å². The highest BCUT2D eigenvalue weighted by Gasteiger charge is 2.15. The van der Waals surface area contributed by atoms with E-state index in [4.69, 9.17) is 4.74 Å². The van der Waals surface area contributed by atoms with E-state index in [2.05, 4.69) is 4.90 Å². The number of ketones is 1. The molecule has 0 saturated carbocycles. The zero-order chi connectivity index (χ0) is 15.1. The van der Waals surface area contributed by atoms with Gasteiger partial charge < -0.3 is 14.7 Å². The van der Waals surface area contributed by atoms with Crippen LogP contribution in [-0.2, 0) is 0 Å². The highest BCUT2D eigenvalue weighted by molar-refractivity contribution is 5.95. The summed E-state index contributed by atoms with van der Waals surface area (Å²) in [6.45, 7) is 4.96. The van der Waals surface area contributed by atoms with E-state index >= 15 is 0 Å². The fourth-order valence-corrected chi connectivity index (χ4v) is 2.63. The molecule has 5 heteroatoms. The lowest BCUT2D eigenvalue weighted by atomic mass is 10.1. The number of nitrogens with zero attached hydrogens (tertiary/aromatic N) is 1. The van der Waals surface area contributed by atoms with E-state index in [0.717, 1.165) is 13.1 Å². The maximum absolute atomic E-state index is 11.5. The summed E-state index contributed by atoms with van der Waals surface area (Å²) < 4.78 is 5.59. The van der Waals surface area contributed by atoms with Crippen molar-refractivity contribution in [3.63, 3.8) is 0 Å². The number of halogens is 1. The Hall–Kier alpha value is -1.10. The topological polar surface area (TPSA) is 49.8 Å². The quantitative estimate of drug-likeness (QED) is 0.782.